The van der Waals surface area contributed by atoms with E-state index in [1.165, 1.54) is 0 Å². The molecule has 0 saturated heterocycles. The molecular weight excluding hydrogens is 310 g/mol. The Labute approximate surface area is 118 Å². The van der Waals surface area contributed by atoms with Crippen molar-refractivity contribution in [3.63, 3.8) is 0 Å². The van der Waals surface area contributed by atoms with Crippen molar-refractivity contribution in [2.75, 3.05) is 11.5 Å². The molecule has 0 fully saturated rings. The summed E-state index contributed by atoms with van der Waals surface area (Å²) in [7, 11) is -0.979. The van der Waals surface area contributed by atoms with Crippen LogP contribution in [0.1, 0.15) is 5.56 Å². The van der Waals surface area contributed by atoms with E-state index in [0.29, 0.717) is 5.75 Å². The van der Waals surface area contributed by atoms with Crippen LogP contribution in [-0.4, -0.2) is 9.96 Å². The van der Waals surface area contributed by atoms with Gasteiger partial charge in [-0.05, 0) is 52.2 Å². The second kappa shape index (κ2) is 6.16. The summed E-state index contributed by atoms with van der Waals surface area (Å²) in [5.74, 6) is 0.618. The van der Waals surface area contributed by atoms with Gasteiger partial charge in [0.1, 0.15) is 0 Å². The average molecular weight is 324 g/mol. The largest absolute Gasteiger partial charge is 0.399 e. The Bertz CT molecular complexity index is 554. The maximum absolute atomic E-state index is 12.2. The topological polar surface area (TPSA) is 43.1 Å². The minimum Gasteiger partial charge on any atom is -0.399 e. The molecule has 2 aromatic carbocycles. The monoisotopic (exact) mass is 323 g/mol. The molecule has 2 rings (SSSR count). The van der Waals surface area contributed by atoms with Crippen LogP contribution >= 0.6 is 15.9 Å². The van der Waals surface area contributed by atoms with Crippen molar-refractivity contribution in [1.29, 1.82) is 0 Å². The second-order valence-electron chi connectivity index (χ2n) is 3.97. The number of nitrogens with two attached hydrogens (primary N) is 1. The van der Waals surface area contributed by atoms with Gasteiger partial charge in [-0.2, -0.15) is 0 Å². The molecule has 0 radical (unpaired) electrons. The minimum absolute atomic E-state index is 0.618. The summed E-state index contributed by atoms with van der Waals surface area (Å²) in [6.07, 6.45) is 0.786. The number of halogens is 1. The summed E-state index contributed by atoms with van der Waals surface area (Å²) < 4.78 is 13.1. The molecule has 0 amide bonds. The molecular formula is C14H14BrNOS. The van der Waals surface area contributed by atoms with Gasteiger partial charge in [0, 0.05) is 15.9 Å². The van der Waals surface area contributed by atoms with Crippen LogP contribution in [0.15, 0.2) is 57.9 Å². The van der Waals surface area contributed by atoms with Crippen molar-refractivity contribution in [2.45, 2.75) is 11.3 Å². The molecule has 94 valence electrons. The fraction of sp³-hybridized carbons (Fsp3) is 0.143. The van der Waals surface area contributed by atoms with Crippen molar-refractivity contribution in [3.05, 3.63) is 58.6 Å². The van der Waals surface area contributed by atoms with Crippen molar-refractivity contribution < 1.29 is 4.21 Å². The third-order valence-electron chi connectivity index (χ3n) is 2.64. The smallest absolute Gasteiger partial charge is 0.0544 e. The van der Waals surface area contributed by atoms with Crippen LogP contribution in [0.5, 0.6) is 0 Å². The predicted octanol–water partition coefficient (Wildman–Crippen LogP) is 3.38. The van der Waals surface area contributed by atoms with Crippen LogP contribution in [0.4, 0.5) is 5.69 Å². The summed E-state index contributed by atoms with van der Waals surface area (Å²) >= 11 is 3.42. The first-order valence-corrected chi connectivity index (χ1v) is 7.75. The molecule has 2 aromatic rings. The standard InChI is InChI=1S/C14H14BrNOS/c15-13-3-1-2-4-14(13)18(17)10-9-11-5-7-12(16)8-6-11/h1-8H,9-10,16H2. The molecule has 18 heavy (non-hydrogen) atoms. The fourth-order valence-electron chi connectivity index (χ4n) is 1.63. The number of hydrogen-bond donors (Lipinski definition) is 1. The first-order valence-electron chi connectivity index (χ1n) is 5.64. The zero-order valence-corrected chi connectivity index (χ0v) is 12.2. The molecule has 0 bridgehead atoms. The van der Waals surface area contributed by atoms with E-state index in [4.69, 9.17) is 5.73 Å². The first-order chi connectivity index (χ1) is 8.66. The van der Waals surface area contributed by atoms with Gasteiger partial charge in [-0.1, -0.05) is 24.3 Å². The van der Waals surface area contributed by atoms with E-state index in [2.05, 4.69) is 15.9 Å². The normalized spacial score (nSPS) is 12.3. The average Bonchev–Trinajstić information content (AvgIpc) is 2.38. The van der Waals surface area contributed by atoms with Gasteiger partial charge in [0.2, 0.25) is 0 Å². The lowest BCUT2D eigenvalue weighted by molar-refractivity contribution is 0.682. The summed E-state index contributed by atoms with van der Waals surface area (Å²) in [6, 6.07) is 15.3. The number of aryl methyl sites for hydroxylation is 1. The quantitative estimate of drug-likeness (QED) is 0.876. The van der Waals surface area contributed by atoms with E-state index < -0.39 is 10.8 Å². The summed E-state index contributed by atoms with van der Waals surface area (Å²) in [6.45, 7) is 0. The zero-order valence-electron chi connectivity index (χ0n) is 9.80. The van der Waals surface area contributed by atoms with Crippen molar-refractivity contribution in [3.8, 4) is 0 Å². The number of hydrogen-bond acceptors (Lipinski definition) is 2. The minimum atomic E-state index is -0.979. The molecule has 1 unspecified atom stereocenters. The molecule has 0 aliphatic rings. The highest BCUT2D eigenvalue weighted by Crippen LogP contribution is 2.20. The lowest BCUT2D eigenvalue weighted by Crippen LogP contribution is -2.02. The Kier molecular flexibility index (Phi) is 4.55. The maximum Gasteiger partial charge on any atom is 0.0544 e. The zero-order chi connectivity index (χ0) is 13.0. The molecule has 4 heteroatoms. The molecule has 0 saturated carbocycles. The molecule has 0 heterocycles. The molecule has 2 N–H and O–H groups in total. The van der Waals surface area contributed by atoms with E-state index in [1.54, 1.807) is 0 Å². The highest BCUT2D eigenvalue weighted by atomic mass is 79.9. The van der Waals surface area contributed by atoms with Crippen LogP contribution in [0, 0.1) is 0 Å². The van der Waals surface area contributed by atoms with Crippen LogP contribution < -0.4 is 5.73 Å². The van der Waals surface area contributed by atoms with Gasteiger partial charge in [-0.3, -0.25) is 4.21 Å². The van der Waals surface area contributed by atoms with Gasteiger partial charge in [-0.25, -0.2) is 0 Å². The summed E-state index contributed by atoms with van der Waals surface area (Å²) in [4.78, 5) is 0.855. The number of anilines is 1. The van der Waals surface area contributed by atoms with Crippen LogP contribution in [-0.2, 0) is 17.2 Å². The van der Waals surface area contributed by atoms with Gasteiger partial charge in [0.25, 0.3) is 0 Å². The Morgan fingerprint density at radius 1 is 1.06 bits per heavy atom. The van der Waals surface area contributed by atoms with Gasteiger partial charge in [0.05, 0.1) is 15.7 Å². The molecule has 1 atom stereocenters. The van der Waals surface area contributed by atoms with Gasteiger partial charge in [0.15, 0.2) is 0 Å². The molecule has 0 aliphatic heterocycles. The van der Waals surface area contributed by atoms with Crippen molar-refractivity contribution >= 4 is 32.4 Å². The molecule has 0 aliphatic carbocycles. The van der Waals surface area contributed by atoms with Crippen molar-refractivity contribution in [1.82, 2.24) is 0 Å². The molecule has 2 nitrogen and oxygen atoms in total. The van der Waals surface area contributed by atoms with Crippen LogP contribution in [0.2, 0.25) is 0 Å². The first kappa shape index (κ1) is 13.3. The maximum atomic E-state index is 12.2. The summed E-state index contributed by atoms with van der Waals surface area (Å²) in [5.41, 5.74) is 7.54. The number of nitrogen functional groups attached to an aromatic ring is 1. The van der Waals surface area contributed by atoms with E-state index in [9.17, 15) is 4.21 Å². The fourth-order valence-corrected chi connectivity index (χ4v) is 3.62. The Morgan fingerprint density at radius 3 is 2.39 bits per heavy atom. The van der Waals surface area contributed by atoms with Gasteiger partial charge >= 0.3 is 0 Å². The van der Waals surface area contributed by atoms with Gasteiger partial charge in [-0.15, -0.1) is 0 Å². The van der Waals surface area contributed by atoms with Gasteiger partial charge < -0.3 is 5.73 Å². The highest BCUT2D eigenvalue weighted by Gasteiger charge is 2.07. The van der Waals surface area contributed by atoms with E-state index >= 15 is 0 Å². The Balaban J connectivity index is 2.01. The lowest BCUT2D eigenvalue weighted by Gasteiger charge is -2.05. The van der Waals surface area contributed by atoms with Crippen LogP contribution in [0.3, 0.4) is 0 Å². The highest BCUT2D eigenvalue weighted by molar-refractivity contribution is 9.10. The predicted molar refractivity (Wildman–Crippen MR) is 80.0 cm³/mol. The van der Waals surface area contributed by atoms with E-state index in [-0.39, 0.29) is 0 Å². The van der Waals surface area contributed by atoms with Crippen LogP contribution in [0.25, 0.3) is 0 Å². The third-order valence-corrected chi connectivity index (χ3v) is 5.01. The number of rotatable bonds is 4. The molecule has 0 spiro atoms. The Morgan fingerprint density at radius 2 is 1.72 bits per heavy atom. The Hall–Kier alpha value is -1.13. The van der Waals surface area contributed by atoms with E-state index in [1.807, 2.05) is 48.5 Å². The van der Waals surface area contributed by atoms with Crippen molar-refractivity contribution in [2.24, 2.45) is 0 Å². The molecule has 0 aromatic heterocycles. The lowest BCUT2D eigenvalue weighted by atomic mass is 10.2. The number of benzene rings is 2. The SMILES string of the molecule is Nc1ccc(CCS(=O)c2ccccc2Br)cc1. The second-order valence-corrected chi connectivity index (χ2v) is 6.37. The third kappa shape index (κ3) is 3.43. The van der Waals surface area contributed by atoms with E-state index in [0.717, 1.165) is 27.0 Å². The summed E-state index contributed by atoms with van der Waals surface area (Å²) in [5, 5.41) is 0.